The van der Waals surface area contributed by atoms with Gasteiger partial charge in [-0.25, -0.2) is 4.98 Å². The Morgan fingerprint density at radius 2 is 1.78 bits per heavy atom. The van der Waals surface area contributed by atoms with E-state index in [2.05, 4.69) is 10.3 Å². The number of carbonyl (C=O) groups is 2. The Balaban J connectivity index is 1.83. The van der Waals surface area contributed by atoms with Crippen molar-refractivity contribution in [1.82, 2.24) is 9.55 Å². The number of rotatable bonds is 9. The molecule has 2 aromatic carbocycles. The third-order valence-electron chi connectivity index (χ3n) is 4.98. The summed E-state index contributed by atoms with van der Waals surface area (Å²) >= 11 is 1.22. The number of nitrogens with one attached hydrogen (secondary N) is 1. The van der Waals surface area contributed by atoms with Gasteiger partial charge in [0.15, 0.2) is 10.9 Å². The number of fused-ring (bicyclic) bond motifs is 1. The third kappa shape index (κ3) is 5.44. The number of Topliss-reactive ketones (excluding diaryl/α,β-unsaturated/α-hetero) is 1. The van der Waals surface area contributed by atoms with Crippen LogP contribution in [0.25, 0.3) is 10.9 Å². The zero-order chi connectivity index (χ0) is 23.3. The maximum absolute atomic E-state index is 13.0. The van der Waals surface area contributed by atoms with Crippen LogP contribution in [0.5, 0.6) is 0 Å². The van der Waals surface area contributed by atoms with Gasteiger partial charge in [-0.05, 0) is 49.7 Å². The molecule has 0 saturated carbocycles. The summed E-state index contributed by atoms with van der Waals surface area (Å²) in [6.07, 6.45) is 0.416. The van der Waals surface area contributed by atoms with Gasteiger partial charge in [-0.15, -0.1) is 0 Å². The highest BCUT2D eigenvalue weighted by atomic mass is 32.2. The van der Waals surface area contributed by atoms with Crippen LogP contribution in [-0.4, -0.2) is 38.2 Å². The van der Waals surface area contributed by atoms with Crippen molar-refractivity contribution in [2.45, 2.75) is 44.1 Å². The SMILES string of the molecule is CC(C)C(=O)Nc1ccc(C(=O)[C@@H](C)Sc2nc3ccccc3c(=O)n2CCCO)cc1. The van der Waals surface area contributed by atoms with Crippen LogP contribution in [0.15, 0.2) is 58.5 Å². The van der Waals surface area contributed by atoms with Gasteiger partial charge >= 0.3 is 0 Å². The van der Waals surface area contributed by atoms with Gasteiger partial charge in [0.1, 0.15) is 0 Å². The topological polar surface area (TPSA) is 101 Å². The molecular weight excluding hydrogens is 426 g/mol. The highest BCUT2D eigenvalue weighted by molar-refractivity contribution is 8.00. The number of amides is 1. The van der Waals surface area contributed by atoms with E-state index in [1.54, 1.807) is 49.4 Å². The Morgan fingerprint density at radius 3 is 2.44 bits per heavy atom. The number of anilines is 1. The van der Waals surface area contributed by atoms with Gasteiger partial charge in [0.2, 0.25) is 5.91 Å². The van der Waals surface area contributed by atoms with Crippen LogP contribution in [0.2, 0.25) is 0 Å². The molecule has 0 aliphatic heterocycles. The number of hydrogen-bond donors (Lipinski definition) is 2. The van der Waals surface area contributed by atoms with Crippen LogP contribution < -0.4 is 10.9 Å². The molecule has 32 heavy (non-hydrogen) atoms. The van der Waals surface area contributed by atoms with Gasteiger partial charge in [0.05, 0.1) is 16.2 Å². The molecule has 7 nitrogen and oxygen atoms in total. The highest BCUT2D eigenvalue weighted by Crippen LogP contribution is 2.26. The number of aromatic nitrogens is 2. The molecule has 0 saturated heterocycles. The van der Waals surface area contributed by atoms with Crippen molar-refractivity contribution >= 4 is 40.0 Å². The van der Waals surface area contributed by atoms with Gasteiger partial charge in [0.25, 0.3) is 5.56 Å². The Kier molecular flexibility index (Phi) is 7.82. The van der Waals surface area contributed by atoms with E-state index in [0.29, 0.717) is 40.3 Å². The van der Waals surface area contributed by atoms with Crippen molar-refractivity contribution < 1.29 is 14.7 Å². The molecule has 2 N–H and O–H groups in total. The number of aliphatic hydroxyl groups is 1. The number of para-hydroxylation sites is 1. The average molecular weight is 454 g/mol. The first-order valence-corrected chi connectivity index (χ1v) is 11.4. The van der Waals surface area contributed by atoms with E-state index in [1.165, 1.54) is 16.3 Å². The number of benzene rings is 2. The van der Waals surface area contributed by atoms with E-state index >= 15 is 0 Å². The smallest absolute Gasteiger partial charge is 0.262 e. The summed E-state index contributed by atoms with van der Waals surface area (Å²) in [5.74, 6) is -0.324. The second-order valence-electron chi connectivity index (χ2n) is 7.79. The number of carbonyl (C=O) groups excluding carboxylic acids is 2. The molecule has 1 aromatic heterocycles. The number of nitrogens with zero attached hydrogens (tertiary/aromatic N) is 2. The maximum Gasteiger partial charge on any atom is 0.262 e. The molecule has 0 unspecified atom stereocenters. The second-order valence-corrected chi connectivity index (χ2v) is 9.10. The van der Waals surface area contributed by atoms with Crippen LogP contribution in [-0.2, 0) is 11.3 Å². The van der Waals surface area contributed by atoms with E-state index in [4.69, 9.17) is 0 Å². The first-order chi connectivity index (χ1) is 15.3. The van der Waals surface area contributed by atoms with E-state index in [-0.39, 0.29) is 29.8 Å². The maximum atomic E-state index is 13.0. The molecule has 3 aromatic rings. The summed E-state index contributed by atoms with van der Waals surface area (Å²) in [5.41, 5.74) is 1.54. The number of thioether (sulfide) groups is 1. The fourth-order valence-electron chi connectivity index (χ4n) is 3.11. The minimum Gasteiger partial charge on any atom is -0.396 e. The van der Waals surface area contributed by atoms with E-state index in [1.807, 2.05) is 19.9 Å². The van der Waals surface area contributed by atoms with Gasteiger partial charge < -0.3 is 10.4 Å². The van der Waals surface area contributed by atoms with E-state index in [9.17, 15) is 19.5 Å². The Morgan fingerprint density at radius 1 is 1.09 bits per heavy atom. The summed E-state index contributed by atoms with van der Waals surface area (Å²) in [6.45, 7) is 5.68. The molecule has 1 amide bonds. The Labute approximate surface area is 190 Å². The lowest BCUT2D eigenvalue weighted by atomic mass is 10.1. The fourth-order valence-corrected chi connectivity index (χ4v) is 4.13. The molecule has 168 valence electrons. The minimum atomic E-state index is -0.487. The van der Waals surface area contributed by atoms with Crippen LogP contribution in [0.1, 0.15) is 37.6 Å². The first kappa shape index (κ1) is 23.7. The normalized spacial score (nSPS) is 12.2. The largest absolute Gasteiger partial charge is 0.396 e. The molecule has 0 bridgehead atoms. The van der Waals surface area contributed by atoms with Crippen molar-refractivity contribution in [2.24, 2.45) is 5.92 Å². The summed E-state index contributed by atoms with van der Waals surface area (Å²) in [5, 5.41) is 12.5. The summed E-state index contributed by atoms with van der Waals surface area (Å²) in [6, 6.07) is 13.9. The molecule has 0 radical (unpaired) electrons. The number of hydrogen-bond acceptors (Lipinski definition) is 6. The lowest BCUT2D eigenvalue weighted by Gasteiger charge is -2.16. The average Bonchev–Trinajstić information content (AvgIpc) is 2.78. The molecule has 0 aliphatic rings. The Hall–Kier alpha value is -2.97. The molecule has 0 spiro atoms. The lowest BCUT2D eigenvalue weighted by Crippen LogP contribution is -2.25. The molecule has 1 heterocycles. The van der Waals surface area contributed by atoms with Gasteiger partial charge in [-0.3, -0.25) is 19.0 Å². The molecular formula is C24H27N3O4S. The van der Waals surface area contributed by atoms with Crippen molar-refractivity contribution in [3.05, 3.63) is 64.4 Å². The summed E-state index contributed by atoms with van der Waals surface area (Å²) in [4.78, 5) is 42.4. The molecule has 0 fully saturated rings. The van der Waals surface area contributed by atoms with Crippen molar-refractivity contribution in [1.29, 1.82) is 0 Å². The zero-order valence-corrected chi connectivity index (χ0v) is 19.2. The van der Waals surface area contributed by atoms with Crippen LogP contribution >= 0.6 is 11.8 Å². The summed E-state index contributed by atoms with van der Waals surface area (Å²) in [7, 11) is 0. The first-order valence-electron chi connectivity index (χ1n) is 10.5. The zero-order valence-electron chi connectivity index (χ0n) is 18.4. The van der Waals surface area contributed by atoms with E-state index < -0.39 is 5.25 Å². The second kappa shape index (κ2) is 10.6. The highest BCUT2D eigenvalue weighted by Gasteiger charge is 2.21. The molecule has 0 aliphatic carbocycles. The molecule has 3 rings (SSSR count). The quantitative estimate of drug-likeness (QED) is 0.291. The van der Waals surface area contributed by atoms with Crippen LogP contribution in [0.3, 0.4) is 0 Å². The van der Waals surface area contributed by atoms with Gasteiger partial charge in [-0.2, -0.15) is 0 Å². The Bertz CT molecular complexity index is 1170. The third-order valence-corrected chi connectivity index (χ3v) is 6.07. The van der Waals surface area contributed by atoms with Crippen LogP contribution in [0, 0.1) is 5.92 Å². The number of aliphatic hydroxyl groups excluding tert-OH is 1. The predicted molar refractivity (Wildman–Crippen MR) is 127 cm³/mol. The van der Waals surface area contributed by atoms with Crippen molar-refractivity contribution in [2.75, 3.05) is 11.9 Å². The lowest BCUT2D eigenvalue weighted by molar-refractivity contribution is -0.118. The van der Waals surface area contributed by atoms with Gasteiger partial charge in [0, 0.05) is 30.3 Å². The minimum absolute atomic E-state index is 0.0441. The summed E-state index contributed by atoms with van der Waals surface area (Å²) < 4.78 is 1.53. The predicted octanol–water partition coefficient (Wildman–Crippen LogP) is 3.74. The standard InChI is InChI=1S/C24H27N3O4S/c1-15(2)22(30)25-18-11-9-17(10-12-18)21(29)16(3)32-24-26-20-8-5-4-7-19(20)23(31)27(24)13-6-14-28/h4-5,7-12,15-16,28H,6,13-14H2,1-3H3,(H,25,30)/t16-/m1/s1. The van der Waals surface area contributed by atoms with Crippen molar-refractivity contribution in [3.8, 4) is 0 Å². The van der Waals surface area contributed by atoms with Crippen LogP contribution in [0.4, 0.5) is 5.69 Å². The molecule has 1 atom stereocenters. The molecule has 8 heteroatoms. The van der Waals surface area contributed by atoms with Crippen molar-refractivity contribution in [3.63, 3.8) is 0 Å². The van der Waals surface area contributed by atoms with Gasteiger partial charge in [-0.1, -0.05) is 37.7 Å². The fraction of sp³-hybridized carbons (Fsp3) is 0.333. The number of ketones is 1. The monoisotopic (exact) mass is 453 g/mol. The van der Waals surface area contributed by atoms with E-state index in [0.717, 1.165) is 0 Å².